The van der Waals surface area contributed by atoms with Crippen molar-refractivity contribution < 1.29 is 14.3 Å². The molecule has 0 bridgehead atoms. The molecule has 0 unspecified atom stereocenters. The maximum absolute atomic E-state index is 12.6. The standard InChI is InChI=1S/C33H38ClN7O3/c1-5-29(42)41-15-14-40(19-24(41)18-35-3)31-25-12-13-39(28-11-7-9-23-8-6-10-26(34)30(23)28)20-27(25)36-32(37-31)44-17-16-38(4)33(2)21-43-22-33/h5-11,24H,1,12-22H2,2,4H3/t24-/m0/s1. The van der Waals surface area contributed by atoms with Gasteiger partial charge in [-0.2, -0.15) is 9.97 Å². The Morgan fingerprint density at radius 1 is 1.23 bits per heavy atom. The number of anilines is 2. The van der Waals surface area contributed by atoms with Crippen LogP contribution < -0.4 is 14.5 Å². The summed E-state index contributed by atoms with van der Waals surface area (Å²) in [6, 6.07) is 12.3. The van der Waals surface area contributed by atoms with Crippen molar-refractivity contribution in [3.8, 4) is 6.01 Å². The van der Waals surface area contributed by atoms with Gasteiger partial charge in [-0.15, -0.1) is 0 Å². The average molecular weight is 616 g/mol. The monoisotopic (exact) mass is 615 g/mol. The lowest BCUT2D eigenvalue weighted by atomic mass is 9.99. The molecule has 1 aromatic heterocycles. The van der Waals surface area contributed by atoms with Gasteiger partial charge >= 0.3 is 6.01 Å². The molecule has 0 spiro atoms. The Labute approximate surface area is 263 Å². The Morgan fingerprint density at radius 2 is 2.02 bits per heavy atom. The third-order valence-electron chi connectivity index (χ3n) is 9.14. The highest BCUT2D eigenvalue weighted by Gasteiger charge is 2.38. The zero-order valence-corrected chi connectivity index (χ0v) is 26.1. The van der Waals surface area contributed by atoms with Crippen LogP contribution in [0.1, 0.15) is 18.2 Å². The smallest absolute Gasteiger partial charge is 0.318 e. The SMILES string of the molecule is [C-]#[N+]C[C@H]1CN(c2nc(OCCN(C)C3(C)COC3)nc3c2CCN(c2cccc4cccc(Cl)c24)C3)CCN1C(=O)C=C. The molecule has 1 amide bonds. The number of amides is 1. The number of carbonyl (C=O) groups is 1. The molecule has 230 valence electrons. The van der Waals surface area contributed by atoms with E-state index in [2.05, 4.69) is 64.4 Å². The van der Waals surface area contributed by atoms with Gasteiger partial charge in [0.2, 0.25) is 12.5 Å². The first kappa shape index (κ1) is 30.1. The van der Waals surface area contributed by atoms with E-state index in [4.69, 9.17) is 37.6 Å². The van der Waals surface area contributed by atoms with Gasteiger partial charge in [-0.3, -0.25) is 9.69 Å². The molecule has 1 atom stereocenters. The molecule has 0 radical (unpaired) electrons. The number of likely N-dealkylation sites (N-methyl/N-ethyl adjacent to an activating group) is 1. The topological polar surface area (TPSA) is 78.6 Å². The molecule has 44 heavy (non-hydrogen) atoms. The van der Waals surface area contributed by atoms with Crippen LogP contribution in [0.3, 0.4) is 0 Å². The maximum atomic E-state index is 12.6. The van der Waals surface area contributed by atoms with E-state index in [0.29, 0.717) is 58.6 Å². The summed E-state index contributed by atoms with van der Waals surface area (Å²) in [6.07, 6.45) is 2.07. The minimum atomic E-state index is -0.251. The van der Waals surface area contributed by atoms with Crippen molar-refractivity contribution in [2.45, 2.75) is 31.5 Å². The molecule has 0 N–H and O–H groups in total. The Bertz CT molecular complexity index is 1600. The van der Waals surface area contributed by atoms with Crippen molar-refractivity contribution >= 4 is 39.8 Å². The second kappa shape index (κ2) is 12.6. The van der Waals surface area contributed by atoms with E-state index in [0.717, 1.165) is 51.5 Å². The van der Waals surface area contributed by atoms with E-state index >= 15 is 0 Å². The molecular weight excluding hydrogens is 578 g/mol. The van der Waals surface area contributed by atoms with Gasteiger partial charge in [0.1, 0.15) is 18.5 Å². The van der Waals surface area contributed by atoms with Crippen molar-refractivity contribution in [3.05, 3.63) is 76.8 Å². The van der Waals surface area contributed by atoms with E-state index in [1.54, 1.807) is 4.90 Å². The number of nitrogens with zero attached hydrogens (tertiary/aromatic N) is 7. The molecule has 10 nitrogen and oxygen atoms in total. The lowest BCUT2D eigenvalue weighted by Crippen LogP contribution is -2.59. The van der Waals surface area contributed by atoms with Crippen molar-refractivity contribution in [1.29, 1.82) is 0 Å². The molecule has 4 heterocycles. The molecule has 6 rings (SSSR count). The van der Waals surface area contributed by atoms with Crippen LogP contribution in [-0.4, -0.2) is 103 Å². The van der Waals surface area contributed by atoms with Gasteiger partial charge in [0.15, 0.2) is 0 Å². The van der Waals surface area contributed by atoms with Crippen LogP contribution in [0, 0.1) is 6.57 Å². The van der Waals surface area contributed by atoms with Crippen LogP contribution in [0.2, 0.25) is 5.02 Å². The predicted molar refractivity (Wildman–Crippen MR) is 172 cm³/mol. The third-order valence-corrected chi connectivity index (χ3v) is 9.46. The van der Waals surface area contributed by atoms with Gasteiger partial charge in [-0.25, -0.2) is 6.57 Å². The zero-order chi connectivity index (χ0) is 30.8. The van der Waals surface area contributed by atoms with E-state index in [1.807, 2.05) is 12.1 Å². The van der Waals surface area contributed by atoms with Gasteiger partial charge in [0.25, 0.3) is 0 Å². The number of rotatable bonds is 9. The van der Waals surface area contributed by atoms with Crippen molar-refractivity contribution in [1.82, 2.24) is 19.8 Å². The number of halogens is 1. The first-order valence-electron chi connectivity index (χ1n) is 15.1. The number of hydrogen-bond acceptors (Lipinski definition) is 8. The number of hydrogen-bond donors (Lipinski definition) is 0. The van der Waals surface area contributed by atoms with Crippen molar-refractivity contribution in [3.63, 3.8) is 0 Å². The number of carbonyl (C=O) groups excluding carboxylic acids is 1. The number of aromatic nitrogens is 2. The van der Waals surface area contributed by atoms with Crippen LogP contribution in [0.25, 0.3) is 15.6 Å². The summed E-state index contributed by atoms with van der Waals surface area (Å²) < 4.78 is 11.7. The second-order valence-electron chi connectivity index (χ2n) is 12.0. The van der Waals surface area contributed by atoms with Gasteiger partial charge in [0.05, 0.1) is 36.0 Å². The predicted octanol–water partition coefficient (Wildman–Crippen LogP) is 4.07. The van der Waals surface area contributed by atoms with Gasteiger partial charge in [-0.1, -0.05) is 42.4 Å². The fourth-order valence-corrected chi connectivity index (χ4v) is 6.62. The molecular formula is C33H38ClN7O3. The molecule has 0 aliphatic carbocycles. The highest BCUT2D eigenvalue weighted by Crippen LogP contribution is 2.37. The zero-order valence-electron chi connectivity index (χ0n) is 25.3. The largest absolute Gasteiger partial charge is 0.462 e. The Morgan fingerprint density at radius 3 is 2.75 bits per heavy atom. The summed E-state index contributed by atoms with van der Waals surface area (Å²) in [5, 5.41) is 2.86. The summed E-state index contributed by atoms with van der Waals surface area (Å²) in [4.78, 5) is 34.6. The highest BCUT2D eigenvalue weighted by atomic mass is 35.5. The molecule has 3 aliphatic rings. The second-order valence-corrected chi connectivity index (χ2v) is 12.4. The molecule has 2 aromatic carbocycles. The minimum Gasteiger partial charge on any atom is -0.462 e. The van der Waals surface area contributed by atoms with Gasteiger partial charge < -0.3 is 29.0 Å². The lowest BCUT2D eigenvalue weighted by Gasteiger charge is -2.45. The van der Waals surface area contributed by atoms with Crippen LogP contribution in [0.4, 0.5) is 11.5 Å². The minimum absolute atomic E-state index is 0.0198. The maximum Gasteiger partial charge on any atom is 0.318 e. The molecule has 3 aromatic rings. The number of ether oxygens (including phenoxy) is 2. The Hall–Kier alpha value is -3.91. The first-order chi connectivity index (χ1) is 21.3. The fraction of sp³-hybridized carbons (Fsp3) is 0.455. The first-order valence-corrected chi connectivity index (χ1v) is 15.4. The summed E-state index contributed by atoms with van der Waals surface area (Å²) in [6.45, 7) is 19.1. The fourth-order valence-electron chi connectivity index (χ4n) is 6.34. The number of benzene rings is 2. The normalized spacial score (nSPS) is 19.3. The van der Waals surface area contributed by atoms with Crippen LogP contribution >= 0.6 is 11.6 Å². The van der Waals surface area contributed by atoms with Crippen molar-refractivity contribution in [2.75, 3.05) is 75.9 Å². The Balaban J connectivity index is 1.31. The summed E-state index contributed by atoms with van der Waals surface area (Å²) >= 11 is 6.70. The lowest BCUT2D eigenvalue weighted by molar-refractivity contribution is -0.128. The van der Waals surface area contributed by atoms with Crippen LogP contribution in [0.15, 0.2) is 49.1 Å². The van der Waals surface area contributed by atoms with E-state index in [9.17, 15) is 4.79 Å². The Kier molecular flexibility index (Phi) is 8.63. The van der Waals surface area contributed by atoms with Crippen molar-refractivity contribution in [2.24, 2.45) is 0 Å². The quantitative estimate of drug-likeness (QED) is 0.263. The average Bonchev–Trinajstić information content (AvgIpc) is 3.02. The number of piperazine rings is 1. The highest BCUT2D eigenvalue weighted by molar-refractivity contribution is 6.36. The van der Waals surface area contributed by atoms with Gasteiger partial charge in [0, 0.05) is 49.4 Å². The van der Waals surface area contributed by atoms with Crippen LogP contribution in [-0.2, 0) is 22.5 Å². The van der Waals surface area contributed by atoms with E-state index in [1.165, 1.54) is 6.08 Å². The van der Waals surface area contributed by atoms with E-state index in [-0.39, 0.29) is 24.0 Å². The molecule has 2 saturated heterocycles. The number of fused-ring (bicyclic) bond motifs is 2. The summed E-state index contributed by atoms with van der Waals surface area (Å²) in [7, 11) is 2.08. The van der Waals surface area contributed by atoms with Gasteiger partial charge in [-0.05, 0) is 44.0 Å². The summed E-state index contributed by atoms with van der Waals surface area (Å²) in [5.74, 6) is 0.681. The molecule has 3 aliphatic heterocycles. The summed E-state index contributed by atoms with van der Waals surface area (Å²) in [5.41, 5.74) is 3.10. The molecule has 2 fully saturated rings. The molecule has 11 heteroatoms. The van der Waals surface area contributed by atoms with E-state index < -0.39 is 0 Å². The van der Waals surface area contributed by atoms with Crippen LogP contribution in [0.5, 0.6) is 6.01 Å². The third kappa shape index (κ3) is 5.80. The molecule has 0 saturated carbocycles.